The highest BCUT2D eigenvalue weighted by atomic mass is 16.5. The van der Waals surface area contributed by atoms with Gasteiger partial charge in [0.05, 0.1) is 6.61 Å². The summed E-state index contributed by atoms with van der Waals surface area (Å²) < 4.78 is 5.86. The zero-order valence-electron chi connectivity index (χ0n) is 11.5. The van der Waals surface area contributed by atoms with E-state index in [9.17, 15) is 0 Å². The second-order valence-corrected chi connectivity index (χ2v) is 4.75. The number of benzene rings is 1. The van der Waals surface area contributed by atoms with Crippen LogP contribution < -0.4 is 10.5 Å². The molecule has 0 aliphatic carbocycles. The highest BCUT2D eigenvalue weighted by molar-refractivity contribution is 5.38. The number of rotatable bonds is 5. The lowest BCUT2D eigenvalue weighted by atomic mass is 10.1. The van der Waals surface area contributed by atoms with Crippen molar-refractivity contribution in [3.05, 3.63) is 59.4 Å². The van der Waals surface area contributed by atoms with Gasteiger partial charge in [0.1, 0.15) is 5.75 Å². The molecule has 2 N–H and O–H groups in total. The number of aromatic nitrogens is 1. The second-order valence-electron chi connectivity index (χ2n) is 4.75. The van der Waals surface area contributed by atoms with E-state index in [1.54, 1.807) is 6.20 Å². The SMILES string of the molecule is Cc1ccc([C@@H](C)N)c(OCCc2ccccn2)c1. The normalized spacial score (nSPS) is 12.2. The van der Waals surface area contributed by atoms with Crippen LogP contribution in [0.25, 0.3) is 0 Å². The maximum absolute atomic E-state index is 5.96. The molecule has 0 spiro atoms. The number of ether oxygens (including phenoxy) is 1. The fourth-order valence-electron chi connectivity index (χ4n) is 1.95. The van der Waals surface area contributed by atoms with Gasteiger partial charge in [-0.15, -0.1) is 0 Å². The Labute approximate surface area is 114 Å². The van der Waals surface area contributed by atoms with E-state index in [2.05, 4.69) is 18.0 Å². The van der Waals surface area contributed by atoms with Crippen LogP contribution in [0, 0.1) is 6.92 Å². The Morgan fingerprint density at radius 2 is 2.11 bits per heavy atom. The average Bonchev–Trinajstić information content (AvgIpc) is 2.39. The van der Waals surface area contributed by atoms with Crippen molar-refractivity contribution in [2.45, 2.75) is 26.3 Å². The van der Waals surface area contributed by atoms with Crippen LogP contribution in [0.3, 0.4) is 0 Å². The van der Waals surface area contributed by atoms with Crippen molar-refractivity contribution in [2.75, 3.05) is 6.61 Å². The third-order valence-corrected chi connectivity index (χ3v) is 3.00. The lowest BCUT2D eigenvalue weighted by Gasteiger charge is -2.14. The van der Waals surface area contributed by atoms with Crippen molar-refractivity contribution in [1.82, 2.24) is 4.98 Å². The molecular weight excluding hydrogens is 236 g/mol. The Morgan fingerprint density at radius 3 is 2.79 bits per heavy atom. The summed E-state index contributed by atoms with van der Waals surface area (Å²) in [5.41, 5.74) is 9.22. The minimum Gasteiger partial charge on any atom is -0.493 e. The van der Waals surface area contributed by atoms with Crippen molar-refractivity contribution >= 4 is 0 Å². The summed E-state index contributed by atoms with van der Waals surface area (Å²) in [5.74, 6) is 0.880. The van der Waals surface area contributed by atoms with Crippen molar-refractivity contribution < 1.29 is 4.74 Å². The van der Waals surface area contributed by atoms with Gasteiger partial charge in [-0.05, 0) is 37.6 Å². The van der Waals surface area contributed by atoms with Gasteiger partial charge in [-0.1, -0.05) is 18.2 Å². The van der Waals surface area contributed by atoms with Gasteiger partial charge in [-0.25, -0.2) is 0 Å². The molecule has 2 aromatic rings. The average molecular weight is 256 g/mol. The minimum absolute atomic E-state index is 0.0227. The number of hydrogen-bond donors (Lipinski definition) is 1. The molecule has 0 saturated heterocycles. The molecule has 0 unspecified atom stereocenters. The van der Waals surface area contributed by atoms with E-state index < -0.39 is 0 Å². The molecule has 0 radical (unpaired) electrons. The molecular formula is C16H20N2O. The zero-order chi connectivity index (χ0) is 13.7. The Bertz CT molecular complexity index is 524. The molecule has 100 valence electrons. The van der Waals surface area contributed by atoms with Crippen LogP contribution >= 0.6 is 0 Å². The summed E-state index contributed by atoms with van der Waals surface area (Å²) in [6.45, 7) is 4.63. The second kappa shape index (κ2) is 6.34. The van der Waals surface area contributed by atoms with Gasteiger partial charge >= 0.3 is 0 Å². The Balaban J connectivity index is 2.01. The van der Waals surface area contributed by atoms with E-state index in [4.69, 9.17) is 10.5 Å². The number of hydrogen-bond acceptors (Lipinski definition) is 3. The van der Waals surface area contributed by atoms with Crippen LogP contribution in [0.4, 0.5) is 0 Å². The maximum Gasteiger partial charge on any atom is 0.124 e. The van der Waals surface area contributed by atoms with Crippen LogP contribution in [0.2, 0.25) is 0 Å². The fourth-order valence-corrected chi connectivity index (χ4v) is 1.95. The van der Waals surface area contributed by atoms with Gasteiger partial charge in [-0.3, -0.25) is 4.98 Å². The van der Waals surface area contributed by atoms with Gasteiger partial charge in [0.15, 0.2) is 0 Å². The van der Waals surface area contributed by atoms with Crippen molar-refractivity contribution in [3.8, 4) is 5.75 Å². The number of nitrogens with two attached hydrogens (primary N) is 1. The smallest absolute Gasteiger partial charge is 0.124 e. The van der Waals surface area contributed by atoms with E-state index in [0.29, 0.717) is 6.61 Å². The third kappa shape index (κ3) is 3.80. The molecule has 3 nitrogen and oxygen atoms in total. The van der Waals surface area contributed by atoms with Gasteiger partial charge in [0, 0.05) is 29.9 Å². The van der Waals surface area contributed by atoms with Crippen molar-refractivity contribution in [3.63, 3.8) is 0 Å². The summed E-state index contributed by atoms with van der Waals surface area (Å²) in [6.07, 6.45) is 2.60. The Hall–Kier alpha value is -1.87. The zero-order valence-corrected chi connectivity index (χ0v) is 11.5. The van der Waals surface area contributed by atoms with Crippen molar-refractivity contribution in [2.24, 2.45) is 5.73 Å². The molecule has 0 bridgehead atoms. The molecule has 3 heteroatoms. The summed E-state index contributed by atoms with van der Waals surface area (Å²) in [7, 11) is 0. The molecule has 0 saturated carbocycles. The van der Waals surface area contributed by atoms with E-state index in [-0.39, 0.29) is 6.04 Å². The molecule has 1 aromatic carbocycles. The van der Waals surface area contributed by atoms with Crippen LogP contribution in [-0.4, -0.2) is 11.6 Å². The monoisotopic (exact) mass is 256 g/mol. The van der Waals surface area contributed by atoms with Crippen LogP contribution in [-0.2, 0) is 6.42 Å². The van der Waals surface area contributed by atoms with Gasteiger partial charge in [0.25, 0.3) is 0 Å². The van der Waals surface area contributed by atoms with E-state index in [1.807, 2.05) is 37.3 Å². The number of aryl methyl sites for hydroxylation is 1. The maximum atomic E-state index is 5.96. The Morgan fingerprint density at radius 1 is 1.26 bits per heavy atom. The molecule has 2 rings (SSSR count). The predicted octanol–water partition coefficient (Wildman–Crippen LogP) is 3.03. The van der Waals surface area contributed by atoms with E-state index in [0.717, 1.165) is 23.4 Å². The highest BCUT2D eigenvalue weighted by Crippen LogP contribution is 2.25. The fraction of sp³-hybridized carbons (Fsp3) is 0.312. The number of pyridine rings is 1. The van der Waals surface area contributed by atoms with Crippen LogP contribution in [0.5, 0.6) is 5.75 Å². The predicted molar refractivity (Wildman–Crippen MR) is 77.2 cm³/mol. The van der Waals surface area contributed by atoms with E-state index in [1.165, 1.54) is 5.56 Å². The summed E-state index contributed by atoms with van der Waals surface area (Å²) in [6, 6.07) is 12.0. The van der Waals surface area contributed by atoms with Gasteiger partial charge in [0.2, 0.25) is 0 Å². The molecule has 1 atom stereocenters. The molecule has 1 heterocycles. The molecule has 1 aromatic heterocycles. The molecule has 0 fully saturated rings. The topological polar surface area (TPSA) is 48.1 Å². The first-order valence-electron chi connectivity index (χ1n) is 6.55. The third-order valence-electron chi connectivity index (χ3n) is 3.00. The first-order valence-corrected chi connectivity index (χ1v) is 6.55. The summed E-state index contributed by atoms with van der Waals surface area (Å²) in [5, 5.41) is 0. The molecule has 0 aliphatic rings. The molecule has 19 heavy (non-hydrogen) atoms. The van der Waals surface area contributed by atoms with Crippen molar-refractivity contribution in [1.29, 1.82) is 0 Å². The minimum atomic E-state index is -0.0227. The largest absolute Gasteiger partial charge is 0.493 e. The highest BCUT2D eigenvalue weighted by Gasteiger charge is 2.08. The lowest BCUT2D eigenvalue weighted by molar-refractivity contribution is 0.315. The van der Waals surface area contributed by atoms with Gasteiger partial charge in [-0.2, -0.15) is 0 Å². The lowest BCUT2D eigenvalue weighted by Crippen LogP contribution is -2.10. The first kappa shape index (κ1) is 13.6. The van der Waals surface area contributed by atoms with Gasteiger partial charge < -0.3 is 10.5 Å². The van der Waals surface area contributed by atoms with E-state index >= 15 is 0 Å². The van der Waals surface area contributed by atoms with Crippen LogP contribution in [0.15, 0.2) is 42.6 Å². The molecule has 0 amide bonds. The van der Waals surface area contributed by atoms with Crippen LogP contribution in [0.1, 0.15) is 29.8 Å². The quantitative estimate of drug-likeness (QED) is 0.894. The summed E-state index contributed by atoms with van der Waals surface area (Å²) in [4.78, 5) is 4.28. The first-order chi connectivity index (χ1) is 9.16. The molecule has 0 aliphatic heterocycles. The Kier molecular flexibility index (Phi) is 4.53. The number of nitrogens with zero attached hydrogens (tertiary/aromatic N) is 1. The standard InChI is InChI=1S/C16H20N2O/c1-12-6-7-15(13(2)17)16(11-12)19-10-8-14-5-3-4-9-18-14/h3-7,9,11,13H,8,10,17H2,1-2H3/t13-/m1/s1. The summed E-state index contributed by atoms with van der Waals surface area (Å²) >= 11 is 0.